The molecule has 3 rings (SSSR count). The van der Waals surface area contributed by atoms with E-state index in [0.717, 1.165) is 56.5 Å². The van der Waals surface area contributed by atoms with Crippen LogP contribution in [0, 0.1) is 13.8 Å². The second-order valence-electron chi connectivity index (χ2n) is 12.1. The van der Waals surface area contributed by atoms with Crippen molar-refractivity contribution >= 4 is 0 Å². The molecule has 0 bridgehead atoms. The van der Waals surface area contributed by atoms with Crippen molar-refractivity contribution in [2.75, 3.05) is 0 Å². The zero-order valence-corrected chi connectivity index (χ0v) is 22.9. The van der Waals surface area contributed by atoms with E-state index in [4.69, 9.17) is 0 Å². The van der Waals surface area contributed by atoms with Gasteiger partial charge < -0.3 is 15.3 Å². The molecular weight excluding hydrogens is 432 g/mol. The molecule has 3 aromatic carbocycles. The Labute approximate surface area is 211 Å². The first-order valence-corrected chi connectivity index (χ1v) is 12.6. The average Bonchev–Trinajstić information content (AvgIpc) is 2.73. The molecule has 0 radical (unpaired) electrons. The number of hydrogen-bond acceptors (Lipinski definition) is 3. The molecule has 0 spiro atoms. The molecule has 0 aliphatic carbocycles. The number of aromatic hydroxyl groups is 3. The second-order valence-corrected chi connectivity index (χ2v) is 12.1. The largest absolute Gasteiger partial charge is 0.507 e. The lowest BCUT2D eigenvalue weighted by molar-refractivity contribution is 0.438. The molecule has 0 fully saturated rings. The van der Waals surface area contributed by atoms with Gasteiger partial charge in [0.15, 0.2) is 0 Å². The van der Waals surface area contributed by atoms with Gasteiger partial charge in [0, 0.05) is 12.8 Å². The standard InChI is InChI=1S/C32H42O3/c1-10-21-15-24(17-22-11-19(2)13-26(29(22)34)31(4,5)6)28(33)25(16-21)18-23-12-20(3)14-27(30(23)35)32(7,8)9/h11-16,33-35H,10,17-18H2,1-9H3. The Hall–Kier alpha value is -2.94. The SMILES string of the molecule is CCc1cc(Cc2cc(C)cc(C(C)(C)C)c2O)c(O)c(Cc2cc(C)cc(C(C)(C)C)c2O)c1. The average molecular weight is 475 g/mol. The summed E-state index contributed by atoms with van der Waals surface area (Å²) in [4.78, 5) is 0. The smallest absolute Gasteiger partial charge is 0.122 e. The Morgan fingerprint density at radius 2 is 0.886 bits per heavy atom. The maximum Gasteiger partial charge on any atom is 0.122 e. The van der Waals surface area contributed by atoms with Crippen LogP contribution in [0.4, 0.5) is 0 Å². The minimum Gasteiger partial charge on any atom is -0.507 e. The van der Waals surface area contributed by atoms with Crippen molar-refractivity contribution in [3.05, 3.63) is 86.5 Å². The van der Waals surface area contributed by atoms with E-state index in [1.165, 1.54) is 0 Å². The van der Waals surface area contributed by atoms with Crippen molar-refractivity contribution in [2.24, 2.45) is 0 Å². The lowest BCUT2D eigenvalue weighted by Crippen LogP contribution is -2.13. The van der Waals surface area contributed by atoms with E-state index in [9.17, 15) is 15.3 Å². The fourth-order valence-corrected chi connectivity index (χ4v) is 4.84. The van der Waals surface area contributed by atoms with Gasteiger partial charge in [-0.05, 0) is 70.0 Å². The van der Waals surface area contributed by atoms with Crippen LogP contribution in [-0.4, -0.2) is 15.3 Å². The third-order valence-corrected chi connectivity index (χ3v) is 6.78. The summed E-state index contributed by atoms with van der Waals surface area (Å²) in [5, 5.41) is 33.5. The van der Waals surface area contributed by atoms with Gasteiger partial charge in [-0.3, -0.25) is 0 Å². The number of hydrogen-bond donors (Lipinski definition) is 3. The molecule has 0 aliphatic heterocycles. The minimum atomic E-state index is -0.184. The molecule has 0 amide bonds. The molecule has 0 heterocycles. The highest BCUT2D eigenvalue weighted by molar-refractivity contribution is 5.55. The zero-order valence-electron chi connectivity index (χ0n) is 22.9. The summed E-state index contributed by atoms with van der Waals surface area (Å²) in [5.74, 6) is 0.841. The summed E-state index contributed by atoms with van der Waals surface area (Å²) >= 11 is 0. The molecule has 3 heteroatoms. The van der Waals surface area contributed by atoms with Crippen molar-refractivity contribution in [3.8, 4) is 17.2 Å². The first-order chi connectivity index (χ1) is 16.1. The summed E-state index contributed by atoms with van der Waals surface area (Å²) < 4.78 is 0. The van der Waals surface area contributed by atoms with Crippen LogP contribution < -0.4 is 0 Å². The van der Waals surface area contributed by atoms with Gasteiger partial charge in [-0.15, -0.1) is 0 Å². The molecule has 0 aromatic heterocycles. The summed E-state index contributed by atoms with van der Waals surface area (Å²) in [6.07, 6.45) is 1.72. The van der Waals surface area contributed by atoms with Gasteiger partial charge in [-0.2, -0.15) is 0 Å². The van der Waals surface area contributed by atoms with Gasteiger partial charge in [-0.1, -0.05) is 96.0 Å². The molecule has 3 nitrogen and oxygen atoms in total. The van der Waals surface area contributed by atoms with E-state index in [-0.39, 0.29) is 16.6 Å². The van der Waals surface area contributed by atoms with Crippen molar-refractivity contribution in [2.45, 2.75) is 92.4 Å². The number of phenolic OH excluding ortho intramolecular Hbond substituents is 3. The van der Waals surface area contributed by atoms with Gasteiger partial charge in [0.05, 0.1) is 0 Å². The highest BCUT2D eigenvalue weighted by atomic mass is 16.3. The van der Waals surface area contributed by atoms with E-state index in [1.54, 1.807) is 0 Å². The van der Waals surface area contributed by atoms with Crippen LogP contribution in [0.1, 0.15) is 98.5 Å². The van der Waals surface area contributed by atoms with Gasteiger partial charge in [-0.25, -0.2) is 0 Å². The van der Waals surface area contributed by atoms with Crippen LogP contribution in [0.3, 0.4) is 0 Å². The normalized spacial score (nSPS) is 12.3. The Bertz CT molecular complexity index is 1140. The van der Waals surface area contributed by atoms with E-state index >= 15 is 0 Å². The molecule has 0 aliphatic rings. The van der Waals surface area contributed by atoms with Crippen LogP contribution in [0.15, 0.2) is 36.4 Å². The van der Waals surface area contributed by atoms with Crippen LogP contribution in [0.5, 0.6) is 17.2 Å². The van der Waals surface area contributed by atoms with Crippen LogP contribution in [0.2, 0.25) is 0 Å². The number of aryl methyl sites for hydroxylation is 3. The second kappa shape index (κ2) is 9.60. The predicted octanol–water partition coefficient (Wildman–Crippen LogP) is 7.76. The molecule has 3 aromatic rings. The Morgan fingerprint density at radius 3 is 1.20 bits per heavy atom. The molecule has 188 valence electrons. The van der Waals surface area contributed by atoms with E-state index in [1.807, 2.05) is 50.2 Å². The highest BCUT2D eigenvalue weighted by Crippen LogP contribution is 2.39. The van der Waals surface area contributed by atoms with E-state index in [0.29, 0.717) is 24.3 Å². The fourth-order valence-electron chi connectivity index (χ4n) is 4.84. The zero-order chi connectivity index (χ0) is 26.3. The van der Waals surface area contributed by atoms with Crippen molar-refractivity contribution < 1.29 is 15.3 Å². The Morgan fingerprint density at radius 1 is 0.543 bits per heavy atom. The highest BCUT2D eigenvalue weighted by Gasteiger charge is 2.24. The Kier molecular flexibility index (Phi) is 7.32. The minimum absolute atomic E-state index is 0.184. The molecule has 0 saturated heterocycles. The third kappa shape index (κ3) is 5.83. The van der Waals surface area contributed by atoms with E-state index < -0.39 is 0 Å². The number of phenols is 3. The van der Waals surface area contributed by atoms with Crippen LogP contribution >= 0.6 is 0 Å². The summed E-state index contributed by atoms with van der Waals surface area (Å²) in [6, 6.07) is 12.2. The first kappa shape index (κ1) is 26.7. The maximum atomic E-state index is 11.3. The van der Waals surface area contributed by atoms with E-state index in [2.05, 4.69) is 48.5 Å². The van der Waals surface area contributed by atoms with Crippen LogP contribution in [0.25, 0.3) is 0 Å². The van der Waals surface area contributed by atoms with Crippen molar-refractivity contribution in [3.63, 3.8) is 0 Å². The number of benzene rings is 3. The molecular formula is C32H42O3. The molecule has 35 heavy (non-hydrogen) atoms. The van der Waals surface area contributed by atoms with Gasteiger partial charge in [0.2, 0.25) is 0 Å². The first-order valence-electron chi connectivity index (χ1n) is 12.6. The fraction of sp³-hybridized carbons (Fsp3) is 0.438. The number of rotatable bonds is 5. The van der Waals surface area contributed by atoms with Crippen molar-refractivity contribution in [1.29, 1.82) is 0 Å². The van der Waals surface area contributed by atoms with Gasteiger partial charge in [0.1, 0.15) is 17.2 Å². The van der Waals surface area contributed by atoms with Crippen molar-refractivity contribution in [1.82, 2.24) is 0 Å². The molecule has 0 unspecified atom stereocenters. The predicted molar refractivity (Wildman–Crippen MR) is 146 cm³/mol. The maximum absolute atomic E-state index is 11.3. The molecule has 3 N–H and O–H groups in total. The summed E-state index contributed by atoms with van der Waals surface area (Å²) in [5.41, 5.74) is 7.99. The van der Waals surface area contributed by atoms with Gasteiger partial charge in [0.25, 0.3) is 0 Å². The molecule has 0 saturated carbocycles. The monoisotopic (exact) mass is 474 g/mol. The topological polar surface area (TPSA) is 60.7 Å². The summed E-state index contributed by atoms with van der Waals surface area (Å²) in [6.45, 7) is 18.8. The quantitative estimate of drug-likeness (QED) is 0.354. The Balaban J connectivity index is 2.10. The van der Waals surface area contributed by atoms with Gasteiger partial charge >= 0.3 is 0 Å². The molecule has 0 atom stereocenters. The lowest BCUT2D eigenvalue weighted by atomic mass is 9.82. The summed E-state index contributed by atoms with van der Waals surface area (Å²) in [7, 11) is 0. The lowest BCUT2D eigenvalue weighted by Gasteiger charge is -2.24. The third-order valence-electron chi connectivity index (χ3n) is 6.78. The van der Waals surface area contributed by atoms with Crippen LogP contribution in [-0.2, 0) is 30.1 Å².